The molecule has 1 heterocycles. The van der Waals surface area contributed by atoms with Crippen LogP contribution in [0.1, 0.15) is 0 Å². The molecule has 0 spiro atoms. The van der Waals surface area contributed by atoms with Crippen LogP contribution in [0.3, 0.4) is 0 Å². The van der Waals surface area contributed by atoms with Gasteiger partial charge in [0.15, 0.2) is 0 Å². The molecule has 1 aromatic heterocycles. The Bertz CT molecular complexity index is 499. The number of hydrogen-bond acceptors (Lipinski definition) is 4. The predicted molar refractivity (Wildman–Crippen MR) is 59.2 cm³/mol. The molecule has 0 saturated heterocycles. The van der Waals surface area contributed by atoms with Crippen molar-refractivity contribution < 1.29 is 4.92 Å². The number of halogens is 1. The van der Waals surface area contributed by atoms with Crippen molar-refractivity contribution in [3.8, 4) is 10.6 Å². The second-order valence-corrected chi connectivity index (χ2v) is 4.03. The van der Waals surface area contributed by atoms with Gasteiger partial charge in [0.25, 0.3) is 5.69 Å². The Morgan fingerprint density at radius 3 is 2.87 bits per heavy atom. The molecule has 1 aromatic carbocycles. The number of aromatic nitrogens is 1. The Balaban J connectivity index is 2.68. The van der Waals surface area contributed by atoms with E-state index in [4.69, 9.17) is 11.6 Å². The summed E-state index contributed by atoms with van der Waals surface area (Å²) in [4.78, 5) is 14.4. The molecule has 4 nitrogen and oxygen atoms in total. The van der Waals surface area contributed by atoms with Crippen LogP contribution in [0.4, 0.5) is 5.69 Å². The largest absolute Gasteiger partial charge is 0.281 e. The number of nitro groups is 1. The van der Waals surface area contributed by atoms with Gasteiger partial charge in [-0.25, -0.2) is 4.98 Å². The fraction of sp³-hybridized carbons (Fsp3) is 0. The summed E-state index contributed by atoms with van der Waals surface area (Å²) in [5.74, 6) is 0. The minimum atomic E-state index is -0.456. The van der Waals surface area contributed by atoms with Gasteiger partial charge < -0.3 is 0 Å². The lowest BCUT2D eigenvalue weighted by Gasteiger charge is -2.01. The normalized spacial score (nSPS) is 10.2. The molecule has 0 radical (unpaired) electrons. The van der Waals surface area contributed by atoms with E-state index in [0.29, 0.717) is 15.6 Å². The molecule has 0 bridgehead atoms. The smallest absolute Gasteiger partial charge is 0.258 e. The Labute approximate surface area is 94.3 Å². The highest BCUT2D eigenvalue weighted by atomic mass is 35.5. The molecular weight excluding hydrogens is 236 g/mol. The topological polar surface area (TPSA) is 56.0 Å². The molecule has 0 aliphatic rings. The van der Waals surface area contributed by atoms with E-state index in [-0.39, 0.29) is 5.69 Å². The molecule has 0 aliphatic carbocycles. The molecule has 2 rings (SSSR count). The Morgan fingerprint density at radius 2 is 2.27 bits per heavy atom. The van der Waals surface area contributed by atoms with Crippen LogP contribution in [0.2, 0.25) is 5.02 Å². The van der Waals surface area contributed by atoms with Crippen LogP contribution >= 0.6 is 22.9 Å². The first kappa shape index (κ1) is 10.1. The van der Waals surface area contributed by atoms with Crippen molar-refractivity contribution >= 4 is 28.6 Å². The summed E-state index contributed by atoms with van der Waals surface area (Å²) in [5.41, 5.74) is 0.372. The molecule has 15 heavy (non-hydrogen) atoms. The van der Waals surface area contributed by atoms with Crippen LogP contribution in [0.5, 0.6) is 0 Å². The molecule has 0 N–H and O–H groups in total. The van der Waals surface area contributed by atoms with Gasteiger partial charge in [0, 0.05) is 17.6 Å². The SMILES string of the molecule is O=[N+]([O-])c1cccc(Cl)c1-c1nccs1. The van der Waals surface area contributed by atoms with Crippen LogP contribution < -0.4 is 0 Å². The summed E-state index contributed by atoms with van der Waals surface area (Å²) in [7, 11) is 0. The Kier molecular flexibility index (Phi) is 2.66. The van der Waals surface area contributed by atoms with Crippen LogP contribution in [-0.4, -0.2) is 9.91 Å². The van der Waals surface area contributed by atoms with E-state index in [1.165, 1.54) is 17.4 Å². The lowest BCUT2D eigenvalue weighted by molar-refractivity contribution is -0.384. The van der Waals surface area contributed by atoms with Gasteiger partial charge in [-0.15, -0.1) is 11.3 Å². The maximum absolute atomic E-state index is 10.8. The average molecular weight is 241 g/mol. The van der Waals surface area contributed by atoms with Gasteiger partial charge in [-0.05, 0) is 6.07 Å². The molecule has 0 unspecified atom stereocenters. The van der Waals surface area contributed by atoms with E-state index >= 15 is 0 Å². The van der Waals surface area contributed by atoms with E-state index in [0.717, 1.165) is 0 Å². The predicted octanol–water partition coefficient (Wildman–Crippen LogP) is 3.37. The maximum atomic E-state index is 10.8. The standard InChI is InChI=1S/C9H5ClN2O2S/c10-6-2-1-3-7(12(13)14)8(6)9-11-4-5-15-9/h1-5H. The summed E-state index contributed by atoms with van der Waals surface area (Å²) in [5, 5.41) is 13.5. The van der Waals surface area contributed by atoms with Crippen molar-refractivity contribution in [3.05, 3.63) is 44.9 Å². The zero-order valence-electron chi connectivity index (χ0n) is 7.38. The average Bonchev–Trinajstić information content (AvgIpc) is 2.70. The van der Waals surface area contributed by atoms with Crippen molar-refractivity contribution in [1.82, 2.24) is 4.98 Å². The number of thiazole rings is 1. The molecule has 0 saturated carbocycles. The second-order valence-electron chi connectivity index (χ2n) is 2.73. The highest BCUT2D eigenvalue weighted by Gasteiger charge is 2.19. The maximum Gasteiger partial charge on any atom is 0.281 e. The van der Waals surface area contributed by atoms with E-state index in [1.54, 1.807) is 23.7 Å². The summed E-state index contributed by atoms with van der Waals surface area (Å²) < 4.78 is 0. The highest BCUT2D eigenvalue weighted by molar-refractivity contribution is 7.13. The minimum Gasteiger partial charge on any atom is -0.258 e. The molecule has 0 amide bonds. The highest BCUT2D eigenvalue weighted by Crippen LogP contribution is 2.36. The van der Waals surface area contributed by atoms with Gasteiger partial charge >= 0.3 is 0 Å². The van der Waals surface area contributed by atoms with Gasteiger partial charge in [0.1, 0.15) is 10.6 Å². The van der Waals surface area contributed by atoms with Gasteiger partial charge in [0.05, 0.1) is 9.95 Å². The van der Waals surface area contributed by atoms with Gasteiger partial charge in [0.2, 0.25) is 0 Å². The first-order valence-electron chi connectivity index (χ1n) is 4.03. The minimum absolute atomic E-state index is 0.0162. The number of nitrogens with zero attached hydrogens (tertiary/aromatic N) is 2. The summed E-state index contributed by atoms with van der Waals surface area (Å²) in [6.45, 7) is 0. The molecule has 76 valence electrons. The number of rotatable bonds is 2. The van der Waals surface area contributed by atoms with E-state index in [9.17, 15) is 10.1 Å². The summed E-state index contributed by atoms with van der Waals surface area (Å²) in [6.07, 6.45) is 1.59. The van der Waals surface area contributed by atoms with Gasteiger partial charge in [-0.1, -0.05) is 17.7 Å². The second kappa shape index (κ2) is 3.96. The van der Waals surface area contributed by atoms with Crippen molar-refractivity contribution in [1.29, 1.82) is 0 Å². The van der Waals surface area contributed by atoms with Crippen LogP contribution in [0.25, 0.3) is 10.6 Å². The molecule has 0 atom stereocenters. The van der Waals surface area contributed by atoms with Gasteiger partial charge in [-0.3, -0.25) is 10.1 Å². The zero-order chi connectivity index (χ0) is 10.8. The van der Waals surface area contributed by atoms with Crippen molar-refractivity contribution in [2.24, 2.45) is 0 Å². The molecule has 0 aliphatic heterocycles. The quantitative estimate of drug-likeness (QED) is 0.597. The third-order valence-electron chi connectivity index (χ3n) is 1.83. The van der Waals surface area contributed by atoms with Crippen LogP contribution in [0, 0.1) is 10.1 Å². The van der Waals surface area contributed by atoms with Gasteiger partial charge in [-0.2, -0.15) is 0 Å². The summed E-state index contributed by atoms with van der Waals surface area (Å²) >= 11 is 7.25. The number of hydrogen-bond donors (Lipinski definition) is 0. The van der Waals surface area contributed by atoms with Crippen molar-refractivity contribution in [3.63, 3.8) is 0 Å². The van der Waals surface area contributed by atoms with E-state index < -0.39 is 4.92 Å². The van der Waals surface area contributed by atoms with E-state index in [2.05, 4.69) is 4.98 Å². The zero-order valence-corrected chi connectivity index (χ0v) is 8.96. The lowest BCUT2D eigenvalue weighted by atomic mass is 10.2. The lowest BCUT2D eigenvalue weighted by Crippen LogP contribution is -1.92. The molecular formula is C9H5ClN2O2S. The molecule has 2 aromatic rings. The Morgan fingerprint density at radius 1 is 1.47 bits per heavy atom. The molecule has 0 fully saturated rings. The first-order chi connectivity index (χ1) is 7.20. The fourth-order valence-electron chi connectivity index (χ4n) is 1.22. The first-order valence-corrected chi connectivity index (χ1v) is 5.28. The van der Waals surface area contributed by atoms with E-state index in [1.807, 2.05) is 0 Å². The number of nitro benzene ring substituents is 1. The molecule has 6 heteroatoms. The third-order valence-corrected chi connectivity index (χ3v) is 2.94. The number of benzene rings is 1. The van der Waals surface area contributed by atoms with Crippen molar-refractivity contribution in [2.75, 3.05) is 0 Å². The van der Waals surface area contributed by atoms with Crippen LogP contribution in [0.15, 0.2) is 29.8 Å². The Hall–Kier alpha value is -1.46. The van der Waals surface area contributed by atoms with Crippen molar-refractivity contribution in [2.45, 2.75) is 0 Å². The monoisotopic (exact) mass is 240 g/mol. The van der Waals surface area contributed by atoms with Crippen LogP contribution in [-0.2, 0) is 0 Å². The third kappa shape index (κ3) is 1.84. The summed E-state index contributed by atoms with van der Waals surface area (Å²) in [6, 6.07) is 4.59. The fourth-order valence-corrected chi connectivity index (χ4v) is 2.24.